The number of rotatable bonds is 4. The molecular weight excluding hydrogens is 307 g/mol. The molecule has 1 aliphatic rings. The molecule has 0 saturated carbocycles. The standard InChI is InChI=1S/C22H19BO2/c1-2-18(19-8-4-3-5-9-19)16-17-12-14-20(15-13-17)23-24-21-10-6-7-11-22(21)25-23/h3-16H,2H2,1H3. The minimum Gasteiger partial charge on any atom is -0.519 e. The fourth-order valence-corrected chi connectivity index (χ4v) is 3.03. The Morgan fingerprint density at radius 3 is 2.00 bits per heavy atom. The summed E-state index contributed by atoms with van der Waals surface area (Å²) in [6, 6.07) is 26.6. The summed E-state index contributed by atoms with van der Waals surface area (Å²) in [7, 11) is -0.366. The van der Waals surface area contributed by atoms with Crippen molar-refractivity contribution < 1.29 is 9.31 Å². The Labute approximate surface area is 148 Å². The highest BCUT2D eigenvalue weighted by molar-refractivity contribution is 6.63. The van der Waals surface area contributed by atoms with Gasteiger partial charge in [-0.05, 0) is 35.3 Å². The zero-order valence-electron chi connectivity index (χ0n) is 14.2. The second kappa shape index (κ2) is 6.90. The fraction of sp³-hybridized carbons (Fsp3) is 0.0909. The van der Waals surface area contributed by atoms with Gasteiger partial charge in [0.25, 0.3) is 0 Å². The van der Waals surface area contributed by atoms with Gasteiger partial charge in [0.05, 0.1) is 0 Å². The zero-order chi connectivity index (χ0) is 17.1. The van der Waals surface area contributed by atoms with E-state index < -0.39 is 0 Å². The first-order valence-corrected chi connectivity index (χ1v) is 8.62. The van der Waals surface area contributed by atoms with Gasteiger partial charge in [-0.1, -0.05) is 79.7 Å². The molecule has 3 aromatic carbocycles. The van der Waals surface area contributed by atoms with Crippen LogP contribution in [-0.4, -0.2) is 7.12 Å². The fourth-order valence-electron chi connectivity index (χ4n) is 3.03. The molecule has 0 radical (unpaired) electrons. The lowest BCUT2D eigenvalue weighted by molar-refractivity contribution is 0.519. The van der Waals surface area contributed by atoms with Gasteiger partial charge in [0, 0.05) is 5.46 Å². The van der Waals surface area contributed by atoms with Crippen molar-refractivity contribution in [3.05, 3.63) is 90.0 Å². The Morgan fingerprint density at radius 2 is 1.40 bits per heavy atom. The summed E-state index contributed by atoms with van der Waals surface area (Å²) in [5.74, 6) is 1.60. The molecule has 1 aliphatic heterocycles. The Hall–Kier alpha value is -2.94. The third-order valence-electron chi connectivity index (χ3n) is 4.39. The van der Waals surface area contributed by atoms with Crippen LogP contribution in [0.2, 0.25) is 0 Å². The van der Waals surface area contributed by atoms with Gasteiger partial charge in [-0.2, -0.15) is 0 Å². The SMILES string of the molecule is CCC(=Cc1ccc(B2Oc3ccccc3O2)cc1)c1ccccc1. The number of para-hydroxylation sites is 2. The van der Waals surface area contributed by atoms with Gasteiger partial charge in [0.2, 0.25) is 0 Å². The van der Waals surface area contributed by atoms with Crippen LogP contribution in [0.15, 0.2) is 78.9 Å². The first kappa shape index (κ1) is 15.6. The van der Waals surface area contributed by atoms with Crippen molar-refractivity contribution in [1.29, 1.82) is 0 Å². The van der Waals surface area contributed by atoms with E-state index >= 15 is 0 Å². The van der Waals surface area contributed by atoms with Crippen LogP contribution in [0.4, 0.5) is 0 Å². The summed E-state index contributed by atoms with van der Waals surface area (Å²) in [6.45, 7) is 2.19. The van der Waals surface area contributed by atoms with Gasteiger partial charge in [0.15, 0.2) is 0 Å². The number of hydrogen-bond donors (Lipinski definition) is 0. The molecule has 0 spiro atoms. The van der Waals surface area contributed by atoms with Crippen LogP contribution in [0.5, 0.6) is 11.5 Å². The van der Waals surface area contributed by atoms with Crippen molar-refractivity contribution in [1.82, 2.24) is 0 Å². The molecule has 1 heterocycles. The Balaban J connectivity index is 1.54. The van der Waals surface area contributed by atoms with Crippen LogP contribution in [0, 0.1) is 0 Å². The van der Waals surface area contributed by atoms with Crippen LogP contribution < -0.4 is 14.8 Å². The van der Waals surface area contributed by atoms with E-state index in [1.165, 1.54) is 16.7 Å². The van der Waals surface area contributed by atoms with Crippen LogP contribution in [0.1, 0.15) is 24.5 Å². The van der Waals surface area contributed by atoms with Crippen molar-refractivity contribution in [2.24, 2.45) is 0 Å². The van der Waals surface area contributed by atoms with E-state index in [9.17, 15) is 0 Å². The molecule has 0 fully saturated rings. The summed E-state index contributed by atoms with van der Waals surface area (Å²) in [5, 5.41) is 0. The number of benzene rings is 3. The maximum absolute atomic E-state index is 5.87. The van der Waals surface area contributed by atoms with Crippen LogP contribution >= 0.6 is 0 Å². The van der Waals surface area contributed by atoms with E-state index in [2.05, 4.69) is 61.5 Å². The maximum atomic E-state index is 5.87. The molecule has 0 aromatic heterocycles. The lowest BCUT2D eigenvalue weighted by Gasteiger charge is -2.07. The Kier molecular flexibility index (Phi) is 4.30. The molecular formula is C22H19BO2. The average molecular weight is 326 g/mol. The van der Waals surface area contributed by atoms with E-state index in [-0.39, 0.29) is 7.12 Å². The van der Waals surface area contributed by atoms with Crippen molar-refractivity contribution >= 4 is 24.2 Å². The molecule has 0 unspecified atom stereocenters. The minimum absolute atomic E-state index is 0.366. The smallest absolute Gasteiger partial charge is 0.519 e. The quantitative estimate of drug-likeness (QED) is 0.506. The highest BCUT2D eigenvalue weighted by Crippen LogP contribution is 2.32. The molecule has 3 heteroatoms. The second-order valence-corrected chi connectivity index (χ2v) is 6.07. The van der Waals surface area contributed by atoms with E-state index in [1.807, 2.05) is 30.3 Å². The molecule has 0 aliphatic carbocycles. The summed E-state index contributed by atoms with van der Waals surface area (Å²) in [5.41, 5.74) is 4.80. The van der Waals surface area contributed by atoms with Crippen LogP contribution in [0.3, 0.4) is 0 Å². The van der Waals surface area contributed by atoms with E-state index in [0.717, 1.165) is 23.4 Å². The third kappa shape index (κ3) is 3.31. The number of fused-ring (bicyclic) bond motifs is 1. The predicted molar refractivity (Wildman–Crippen MR) is 104 cm³/mol. The normalized spacial score (nSPS) is 13.2. The number of allylic oxidation sites excluding steroid dienone is 1. The van der Waals surface area contributed by atoms with Gasteiger partial charge in [0.1, 0.15) is 11.5 Å². The molecule has 122 valence electrons. The molecule has 0 saturated heterocycles. The zero-order valence-corrected chi connectivity index (χ0v) is 14.2. The second-order valence-electron chi connectivity index (χ2n) is 6.07. The molecule has 0 atom stereocenters. The van der Waals surface area contributed by atoms with Crippen LogP contribution in [-0.2, 0) is 0 Å². The molecule has 0 N–H and O–H groups in total. The summed E-state index contributed by atoms with van der Waals surface area (Å²) >= 11 is 0. The van der Waals surface area contributed by atoms with Crippen molar-refractivity contribution in [3.8, 4) is 11.5 Å². The molecule has 4 rings (SSSR count). The van der Waals surface area contributed by atoms with Crippen molar-refractivity contribution in [2.75, 3.05) is 0 Å². The summed E-state index contributed by atoms with van der Waals surface area (Å²) < 4.78 is 11.7. The minimum atomic E-state index is -0.366. The Morgan fingerprint density at radius 1 is 0.800 bits per heavy atom. The summed E-state index contributed by atoms with van der Waals surface area (Å²) in [4.78, 5) is 0. The van der Waals surface area contributed by atoms with Gasteiger partial charge in [-0.25, -0.2) is 0 Å². The van der Waals surface area contributed by atoms with E-state index in [1.54, 1.807) is 0 Å². The van der Waals surface area contributed by atoms with Gasteiger partial charge >= 0.3 is 7.12 Å². The highest BCUT2D eigenvalue weighted by Gasteiger charge is 2.33. The Bertz CT molecular complexity index is 860. The summed E-state index contributed by atoms with van der Waals surface area (Å²) in [6.07, 6.45) is 3.24. The average Bonchev–Trinajstić information content (AvgIpc) is 3.11. The molecule has 0 bridgehead atoms. The molecule has 25 heavy (non-hydrogen) atoms. The first-order chi connectivity index (χ1) is 12.3. The monoisotopic (exact) mass is 326 g/mol. The largest absolute Gasteiger partial charge is 0.632 e. The van der Waals surface area contributed by atoms with Gasteiger partial charge < -0.3 is 9.31 Å². The lowest BCUT2D eigenvalue weighted by Crippen LogP contribution is -2.38. The first-order valence-electron chi connectivity index (χ1n) is 8.62. The third-order valence-corrected chi connectivity index (χ3v) is 4.39. The molecule has 3 aromatic rings. The van der Waals surface area contributed by atoms with Gasteiger partial charge in [-0.3, -0.25) is 0 Å². The maximum Gasteiger partial charge on any atom is 0.632 e. The topological polar surface area (TPSA) is 18.5 Å². The predicted octanol–water partition coefficient (Wildman–Crippen LogP) is 4.80. The van der Waals surface area contributed by atoms with E-state index in [4.69, 9.17) is 9.31 Å². The molecule has 0 amide bonds. The lowest BCUT2D eigenvalue weighted by atomic mass is 9.79. The molecule has 2 nitrogen and oxygen atoms in total. The number of hydrogen-bond acceptors (Lipinski definition) is 2. The van der Waals surface area contributed by atoms with Crippen LogP contribution in [0.25, 0.3) is 11.6 Å². The highest BCUT2D eigenvalue weighted by atomic mass is 16.6. The van der Waals surface area contributed by atoms with Crippen molar-refractivity contribution in [3.63, 3.8) is 0 Å². The van der Waals surface area contributed by atoms with Crippen molar-refractivity contribution in [2.45, 2.75) is 13.3 Å². The van der Waals surface area contributed by atoms with Gasteiger partial charge in [-0.15, -0.1) is 0 Å². The van der Waals surface area contributed by atoms with E-state index in [0.29, 0.717) is 0 Å².